The summed E-state index contributed by atoms with van der Waals surface area (Å²) in [6, 6.07) is 11.4. The lowest BCUT2D eigenvalue weighted by Crippen LogP contribution is -2.30. The first-order chi connectivity index (χ1) is 14.4. The molecule has 156 valence electrons. The molecule has 1 aliphatic rings. The van der Waals surface area contributed by atoms with Crippen molar-refractivity contribution in [2.75, 3.05) is 13.7 Å². The van der Waals surface area contributed by atoms with Gasteiger partial charge in [0.05, 0.1) is 23.6 Å². The number of nitro groups is 1. The summed E-state index contributed by atoms with van der Waals surface area (Å²) in [5.41, 5.74) is 0.441. The number of aliphatic hydroxyl groups is 1. The van der Waals surface area contributed by atoms with Crippen molar-refractivity contribution < 1.29 is 24.4 Å². The number of methoxy groups -OCH3 is 1. The van der Waals surface area contributed by atoms with Gasteiger partial charge in [-0.1, -0.05) is 37.6 Å². The van der Waals surface area contributed by atoms with Crippen LogP contribution < -0.4 is 4.74 Å². The van der Waals surface area contributed by atoms with Crippen LogP contribution in [0.3, 0.4) is 0 Å². The van der Waals surface area contributed by atoms with Crippen molar-refractivity contribution in [2.45, 2.75) is 25.8 Å². The van der Waals surface area contributed by atoms with Crippen LogP contribution in [-0.4, -0.2) is 40.3 Å². The zero-order chi connectivity index (χ0) is 21.8. The number of hydrogen-bond donors (Lipinski definition) is 1. The van der Waals surface area contributed by atoms with E-state index in [-0.39, 0.29) is 16.8 Å². The van der Waals surface area contributed by atoms with Crippen molar-refractivity contribution in [1.29, 1.82) is 0 Å². The molecule has 1 aliphatic heterocycles. The first kappa shape index (κ1) is 21.0. The van der Waals surface area contributed by atoms with Crippen molar-refractivity contribution in [1.82, 2.24) is 4.90 Å². The topological polar surface area (TPSA) is 110 Å². The molecule has 1 fully saturated rings. The zero-order valence-electron chi connectivity index (χ0n) is 16.7. The van der Waals surface area contributed by atoms with E-state index in [0.717, 1.165) is 6.42 Å². The Kier molecular flexibility index (Phi) is 6.15. The number of nitro benzene ring substituents is 1. The number of hydrogen-bond acceptors (Lipinski definition) is 6. The number of Topliss-reactive ketones (excluding diaryl/α,β-unsaturated/α-hetero) is 1. The summed E-state index contributed by atoms with van der Waals surface area (Å²) in [7, 11) is 1.53. The molecule has 1 N–H and O–H groups in total. The third kappa shape index (κ3) is 3.89. The molecule has 1 amide bonds. The molecular weight excluding hydrogens is 388 g/mol. The minimum absolute atomic E-state index is 0.0817. The maximum atomic E-state index is 12.9. The molecule has 8 nitrogen and oxygen atoms in total. The molecule has 1 heterocycles. The molecule has 0 spiro atoms. The molecular formula is C22H22N2O6. The molecule has 3 rings (SSSR count). The van der Waals surface area contributed by atoms with Gasteiger partial charge in [-0.2, -0.15) is 0 Å². The Bertz CT molecular complexity index is 1010. The van der Waals surface area contributed by atoms with Gasteiger partial charge in [-0.05, 0) is 24.1 Å². The van der Waals surface area contributed by atoms with E-state index in [1.165, 1.54) is 36.3 Å². The second-order valence-corrected chi connectivity index (χ2v) is 6.93. The fourth-order valence-corrected chi connectivity index (χ4v) is 3.49. The first-order valence-corrected chi connectivity index (χ1v) is 9.56. The third-order valence-corrected chi connectivity index (χ3v) is 5.05. The van der Waals surface area contributed by atoms with Crippen molar-refractivity contribution in [3.05, 3.63) is 75.3 Å². The number of aliphatic hydroxyl groups excluding tert-OH is 1. The number of amides is 1. The normalized spacial score (nSPS) is 17.9. The van der Waals surface area contributed by atoms with Gasteiger partial charge >= 0.3 is 0 Å². The predicted molar refractivity (Wildman–Crippen MR) is 110 cm³/mol. The molecule has 0 aromatic heterocycles. The smallest absolute Gasteiger partial charge is 0.295 e. The quantitative estimate of drug-likeness (QED) is 0.244. The lowest BCUT2D eigenvalue weighted by Gasteiger charge is -2.25. The molecule has 8 heteroatoms. The number of benzene rings is 2. The largest absolute Gasteiger partial charge is 0.507 e. The Balaban J connectivity index is 2.16. The fraction of sp³-hybridized carbons (Fsp3) is 0.273. The van der Waals surface area contributed by atoms with E-state index in [1.54, 1.807) is 24.3 Å². The number of ether oxygens (including phenoxy) is 1. The number of unbranched alkanes of at least 4 members (excludes halogenated alkanes) is 1. The van der Waals surface area contributed by atoms with Gasteiger partial charge in [0.25, 0.3) is 17.4 Å². The molecule has 1 unspecified atom stereocenters. The Morgan fingerprint density at radius 3 is 2.50 bits per heavy atom. The van der Waals surface area contributed by atoms with E-state index in [1.807, 2.05) is 6.92 Å². The Hall–Kier alpha value is -3.68. The van der Waals surface area contributed by atoms with E-state index in [9.17, 15) is 24.8 Å². The molecule has 0 saturated carbocycles. The predicted octanol–water partition coefficient (Wildman–Crippen LogP) is 3.83. The Labute approximate surface area is 173 Å². The first-order valence-electron chi connectivity index (χ1n) is 9.56. The van der Waals surface area contributed by atoms with Crippen molar-refractivity contribution >= 4 is 23.1 Å². The minimum Gasteiger partial charge on any atom is -0.507 e. The van der Waals surface area contributed by atoms with Crippen LogP contribution in [0.5, 0.6) is 5.75 Å². The Morgan fingerprint density at radius 1 is 1.20 bits per heavy atom. The lowest BCUT2D eigenvalue weighted by atomic mass is 9.95. The highest BCUT2D eigenvalue weighted by Gasteiger charge is 2.45. The maximum Gasteiger partial charge on any atom is 0.295 e. The minimum atomic E-state index is -0.809. The van der Waals surface area contributed by atoms with E-state index in [0.29, 0.717) is 24.3 Å². The second kappa shape index (κ2) is 8.77. The van der Waals surface area contributed by atoms with Crippen LogP contribution >= 0.6 is 0 Å². The number of carbonyl (C=O) groups excluding carboxylic acids is 2. The van der Waals surface area contributed by atoms with Gasteiger partial charge in [0.15, 0.2) is 0 Å². The van der Waals surface area contributed by atoms with E-state index in [4.69, 9.17) is 4.74 Å². The van der Waals surface area contributed by atoms with Crippen LogP contribution in [0, 0.1) is 10.1 Å². The summed E-state index contributed by atoms with van der Waals surface area (Å²) >= 11 is 0. The SMILES string of the molecule is CCCCN1C(=O)C(=O)/C(=C(\O)c2cccc([N+](=O)[O-])c2)C1c1ccc(OC)cc1. The van der Waals surface area contributed by atoms with Crippen LogP contribution in [0.25, 0.3) is 5.76 Å². The van der Waals surface area contributed by atoms with E-state index in [2.05, 4.69) is 0 Å². The number of rotatable bonds is 7. The molecule has 0 aliphatic carbocycles. The summed E-state index contributed by atoms with van der Waals surface area (Å²) in [6.45, 7) is 2.32. The molecule has 30 heavy (non-hydrogen) atoms. The highest BCUT2D eigenvalue weighted by molar-refractivity contribution is 6.46. The standard InChI is InChI=1S/C22H22N2O6/c1-3-4-12-23-19(14-8-10-17(30-2)11-9-14)18(21(26)22(23)27)20(25)15-6-5-7-16(13-15)24(28)29/h5-11,13,19,25H,3-4,12H2,1-2H3/b20-18-. The van der Waals surface area contributed by atoms with E-state index >= 15 is 0 Å². The zero-order valence-corrected chi connectivity index (χ0v) is 16.7. The van der Waals surface area contributed by atoms with Crippen molar-refractivity contribution in [2.24, 2.45) is 0 Å². The van der Waals surface area contributed by atoms with Crippen molar-refractivity contribution in [3.8, 4) is 5.75 Å². The monoisotopic (exact) mass is 410 g/mol. The number of carbonyl (C=O) groups is 2. The number of likely N-dealkylation sites (tertiary alicyclic amines) is 1. The fourth-order valence-electron chi connectivity index (χ4n) is 3.49. The highest BCUT2D eigenvalue weighted by Crippen LogP contribution is 2.40. The van der Waals surface area contributed by atoms with Crippen LogP contribution in [0.2, 0.25) is 0 Å². The summed E-state index contributed by atoms with van der Waals surface area (Å²) in [5, 5.41) is 22.0. The molecule has 1 atom stereocenters. The molecule has 2 aromatic carbocycles. The van der Waals surface area contributed by atoms with Gasteiger partial charge in [0, 0.05) is 24.2 Å². The van der Waals surface area contributed by atoms with Crippen LogP contribution in [0.1, 0.15) is 36.9 Å². The summed E-state index contributed by atoms with van der Waals surface area (Å²) in [4.78, 5) is 37.5. The van der Waals surface area contributed by atoms with Gasteiger partial charge in [-0.25, -0.2) is 0 Å². The van der Waals surface area contributed by atoms with Crippen LogP contribution in [0.15, 0.2) is 54.1 Å². The average Bonchev–Trinajstić information content (AvgIpc) is 3.02. The average molecular weight is 410 g/mol. The lowest BCUT2D eigenvalue weighted by molar-refractivity contribution is -0.384. The number of ketones is 1. The molecule has 2 aromatic rings. The molecule has 0 bridgehead atoms. The van der Waals surface area contributed by atoms with Gasteiger partial charge in [-0.3, -0.25) is 19.7 Å². The summed E-state index contributed by atoms with van der Waals surface area (Å²) in [5.74, 6) is -1.33. The van der Waals surface area contributed by atoms with Gasteiger partial charge in [-0.15, -0.1) is 0 Å². The molecule has 1 saturated heterocycles. The summed E-state index contributed by atoms with van der Waals surface area (Å²) < 4.78 is 5.17. The van der Waals surface area contributed by atoms with E-state index < -0.39 is 28.4 Å². The Morgan fingerprint density at radius 2 is 1.90 bits per heavy atom. The number of non-ortho nitro benzene ring substituents is 1. The van der Waals surface area contributed by atoms with Crippen LogP contribution in [0.4, 0.5) is 5.69 Å². The van der Waals surface area contributed by atoms with Crippen LogP contribution in [-0.2, 0) is 9.59 Å². The molecule has 0 radical (unpaired) electrons. The maximum absolute atomic E-state index is 12.9. The van der Waals surface area contributed by atoms with Gasteiger partial charge in [0.1, 0.15) is 11.5 Å². The van der Waals surface area contributed by atoms with Crippen molar-refractivity contribution in [3.63, 3.8) is 0 Å². The number of nitrogens with zero attached hydrogens (tertiary/aromatic N) is 2. The summed E-state index contributed by atoms with van der Waals surface area (Å²) in [6.07, 6.45) is 1.51. The van der Waals surface area contributed by atoms with Gasteiger partial charge < -0.3 is 14.7 Å². The third-order valence-electron chi connectivity index (χ3n) is 5.05. The van der Waals surface area contributed by atoms with Gasteiger partial charge in [0.2, 0.25) is 0 Å². The highest BCUT2D eigenvalue weighted by atomic mass is 16.6. The second-order valence-electron chi connectivity index (χ2n) is 6.93.